The van der Waals surface area contributed by atoms with E-state index in [1.807, 2.05) is 23.1 Å². The summed E-state index contributed by atoms with van der Waals surface area (Å²) in [5.74, 6) is 0.494. The highest BCUT2D eigenvalue weighted by Gasteiger charge is 2.22. The van der Waals surface area contributed by atoms with E-state index in [4.69, 9.17) is 0 Å². The molecule has 1 unspecified atom stereocenters. The van der Waals surface area contributed by atoms with Crippen molar-refractivity contribution < 1.29 is 13.2 Å². The van der Waals surface area contributed by atoms with E-state index in [2.05, 4.69) is 6.92 Å². The molecule has 26 heavy (non-hydrogen) atoms. The van der Waals surface area contributed by atoms with Gasteiger partial charge in [-0.1, -0.05) is 43.3 Å². The topological polar surface area (TPSA) is 54.5 Å². The van der Waals surface area contributed by atoms with Crippen LogP contribution in [0.4, 0.5) is 0 Å². The Kier molecular flexibility index (Phi) is 5.77. The van der Waals surface area contributed by atoms with E-state index in [0.29, 0.717) is 11.5 Å². The molecule has 4 nitrogen and oxygen atoms in total. The first kappa shape index (κ1) is 18.6. The van der Waals surface area contributed by atoms with Crippen LogP contribution in [0, 0.1) is 5.92 Å². The predicted molar refractivity (Wildman–Crippen MR) is 103 cm³/mol. The van der Waals surface area contributed by atoms with Gasteiger partial charge in [-0.05, 0) is 48.9 Å². The van der Waals surface area contributed by atoms with Crippen molar-refractivity contribution >= 4 is 15.7 Å². The third-order valence-electron chi connectivity index (χ3n) is 4.94. The first-order valence-corrected chi connectivity index (χ1v) is 10.8. The Balaban J connectivity index is 1.80. The van der Waals surface area contributed by atoms with E-state index in [9.17, 15) is 13.2 Å². The van der Waals surface area contributed by atoms with Crippen LogP contribution >= 0.6 is 0 Å². The number of hydrogen-bond acceptors (Lipinski definition) is 3. The molecule has 1 aliphatic heterocycles. The molecule has 0 aromatic heterocycles. The maximum Gasteiger partial charge on any atom is 0.253 e. The van der Waals surface area contributed by atoms with Crippen molar-refractivity contribution in [2.75, 3.05) is 13.1 Å². The average Bonchev–Trinajstić information content (AvgIpc) is 2.86. The lowest BCUT2D eigenvalue weighted by atomic mass is 10.0. The molecule has 2 aromatic carbocycles. The van der Waals surface area contributed by atoms with Gasteiger partial charge in [0.1, 0.15) is 0 Å². The lowest BCUT2D eigenvalue weighted by Gasteiger charge is -2.20. The number of sulfone groups is 1. The van der Waals surface area contributed by atoms with E-state index in [-0.39, 0.29) is 16.6 Å². The number of amides is 1. The minimum absolute atomic E-state index is 0.0628. The minimum Gasteiger partial charge on any atom is -0.339 e. The minimum atomic E-state index is -3.49. The fourth-order valence-corrected chi connectivity index (χ4v) is 4.74. The van der Waals surface area contributed by atoms with Crippen LogP contribution in [-0.2, 0) is 15.6 Å². The monoisotopic (exact) mass is 371 g/mol. The largest absolute Gasteiger partial charge is 0.339 e. The normalized spacial score (nSPS) is 18.3. The molecule has 0 aliphatic carbocycles. The molecule has 0 N–H and O–H groups in total. The smallest absolute Gasteiger partial charge is 0.253 e. The highest BCUT2D eigenvalue weighted by atomic mass is 32.2. The van der Waals surface area contributed by atoms with Crippen molar-refractivity contribution in [3.05, 3.63) is 65.7 Å². The standard InChI is InChI=1S/C21H25NO3S/c1-17-7-6-13-22(14-12-17)21(23)19-10-5-11-20(15-19)26(24,25)16-18-8-3-2-4-9-18/h2-5,8-11,15,17H,6-7,12-14,16H2,1H3. The van der Waals surface area contributed by atoms with Crippen LogP contribution in [-0.4, -0.2) is 32.3 Å². The molecule has 0 saturated carbocycles. The van der Waals surface area contributed by atoms with Crippen molar-refractivity contribution in [2.24, 2.45) is 5.92 Å². The van der Waals surface area contributed by atoms with Gasteiger partial charge in [0.2, 0.25) is 0 Å². The highest BCUT2D eigenvalue weighted by molar-refractivity contribution is 7.90. The van der Waals surface area contributed by atoms with Crippen LogP contribution in [0.25, 0.3) is 0 Å². The Morgan fingerprint density at radius 3 is 2.58 bits per heavy atom. The number of carbonyl (C=O) groups excluding carboxylic acids is 1. The number of carbonyl (C=O) groups is 1. The molecular weight excluding hydrogens is 346 g/mol. The van der Waals surface area contributed by atoms with Crippen LogP contribution in [0.1, 0.15) is 42.1 Å². The predicted octanol–water partition coefficient (Wildman–Crippen LogP) is 3.92. The fraction of sp³-hybridized carbons (Fsp3) is 0.381. The number of nitrogens with zero attached hydrogens (tertiary/aromatic N) is 1. The van der Waals surface area contributed by atoms with Gasteiger partial charge in [0.25, 0.3) is 5.91 Å². The average molecular weight is 372 g/mol. The molecule has 1 amide bonds. The van der Waals surface area contributed by atoms with Gasteiger partial charge in [-0.15, -0.1) is 0 Å². The number of hydrogen-bond donors (Lipinski definition) is 0. The molecule has 1 saturated heterocycles. The molecule has 1 aliphatic rings. The van der Waals surface area contributed by atoms with Gasteiger partial charge in [-0.25, -0.2) is 8.42 Å². The second kappa shape index (κ2) is 8.04. The van der Waals surface area contributed by atoms with E-state index >= 15 is 0 Å². The van der Waals surface area contributed by atoms with Crippen molar-refractivity contribution in [1.29, 1.82) is 0 Å². The Hall–Kier alpha value is -2.14. The Bertz CT molecular complexity index is 862. The third-order valence-corrected chi connectivity index (χ3v) is 6.63. The number of likely N-dealkylation sites (tertiary alicyclic amines) is 1. The third kappa shape index (κ3) is 4.52. The first-order chi connectivity index (χ1) is 12.5. The molecule has 0 spiro atoms. The summed E-state index contributed by atoms with van der Waals surface area (Å²) in [6, 6.07) is 15.6. The van der Waals surface area contributed by atoms with Crippen LogP contribution in [0.5, 0.6) is 0 Å². The maximum atomic E-state index is 12.8. The van der Waals surface area contributed by atoms with Crippen molar-refractivity contribution in [1.82, 2.24) is 4.90 Å². The van der Waals surface area contributed by atoms with Crippen LogP contribution in [0.3, 0.4) is 0 Å². The summed E-state index contributed by atoms with van der Waals surface area (Å²) >= 11 is 0. The van der Waals surface area contributed by atoms with Crippen molar-refractivity contribution in [3.63, 3.8) is 0 Å². The summed E-state index contributed by atoms with van der Waals surface area (Å²) in [4.78, 5) is 14.9. The summed E-state index contributed by atoms with van der Waals surface area (Å²) in [5, 5.41) is 0. The Labute approximate surface area is 155 Å². The van der Waals surface area contributed by atoms with Gasteiger partial charge in [-0.3, -0.25) is 4.79 Å². The number of rotatable bonds is 4. The summed E-state index contributed by atoms with van der Waals surface area (Å²) < 4.78 is 25.5. The quantitative estimate of drug-likeness (QED) is 0.818. The molecule has 1 atom stereocenters. The summed E-state index contributed by atoms with van der Waals surface area (Å²) in [5.41, 5.74) is 1.19. The van der Waals surface area contributed by atoms with Crippen LogP contribution in [0.2, 0.25) is 0 Å². The number of benzene rings is 2. The Morgan fingerprint density at radius 2 is 1.81 bits per heavy atom. The Morgan fingerprint density at radius 1 is 1.04 bits per heavy atom. The molecule has 5 heteroatoms. The second-order valence-electron chi connectivity index (χ2n) is 7.10. The first-order valence-electron chi connectivity index (χ1n) is 9.12. The fourth-order valence-electron chi connectivity index (χ4n) is 3.35. The van der Waals surface area contributed by atoms with E-state index in [1.54, 1.807) is 30.3 Å². The van der Waals surface area contributed by atoms with Gasteiger partial charge < -0.3 is 4.90 Å². The van der Waals surface area contributed by atoms with E-state index < -0.39 is 9.84 Å². The summed E-state index contributed by atoms with van der Waals surface area (Å²) in [6.07, 6.45) is 3.13. The van der Waals surface area contributed by atoms with Gasteiger partial charge >= 0.3 is 0 Å². The van der Waals surface area contributed by atoms with E-state index in [1.165, 1.54) is 6.07 Å². The summed E-state index contributed by atoms with van der Waals surface area (Å²) in [6.45, 7) is 3.69. The lowest BCUT2D eigenvalue weighted by Crippen LogP contribution is -2.32. The lowest BCUT2D eigenvalue weighted by molar-refractivity contribution is 0.0760. The molecule has 0 radical (unpaired) electrons. The zero-order valence-corrected chi connectivity index (χ0v) is 15.9. The second-order valence-corrected chi connectivity index (χ2v) is 9.09. The maximum absolute atomic E-state index is 12.8. The van der Waals surface area contributed by atoms with Crippen LogP contribution < -0.4 is 0 Å². The van der Waals surface area contributed by atoms with Gasteiger partial charge in [0.05, 0.1) is 10.6 Å². The molecule has 138 valence electrons. The van der Waals surface area contributed by atoms with Gasteiger partial charge in [0.15, 0.2) is 9.84 Å². The molecule has 1 fully saturated rings. The van der Waals surface area contributed by atoms with Crippen LogP contribution in [0.15, 0.2) is 59.5 Å². The van der Waals surface area contributed by atoms with E-state index in [0.717, 1.165) is 37.9 Å². The van der Waals surface area contributed by atoms with Gasteiger partial charge in [-0.2, -0.15) is 0 Å². The highest BCUT2D eigenvalue weighted by Crippen LogP contribution is 2.21. The molecule has 0 bridgehead atoms. The molecule has 3 rings (SSSR count). The van der Waals surface area contributed by atoms with Crippen molar-refractivity contribution in [2.45, 2.75) is 36.8 Å². The van der Waals surface area contributed by atoms with Crippen molar-refractivity contribution in [3.8, 4) is 0 Å². The molecular formula is C21H25NO3S. The molecule has 1 heterocycles. The van der Waals surface area contributed by atoms with Gasteiger partial charge in [0, 0.05) is 18.7 Å². The molecule has 2 aromatic rings. The zero-order valence-electron chi connectivity index (χ0n) is 15.1. The SMILES string of the molecule is CC1CCCN(C(=O)c2cccc(S(=O)(=O)Cc3ccccc3)c2)CC1. The zero-order chi connectivity index (χ0) is 18.6. The summed E-state index contributed by atoms with van der Waals surface area (Å²) in [7, 11) is -3.49.